The molecule has 0 radical (unpaired) electrons. The molecule has 3 heteroatoms. The zero-order valence-corrected chi connectivity index (χ0v) is 15.3. The molecular weight excluding hydrogens is 260 g/mol. The molecule has 0 bridgehead atoms. The van der Waals surface area contributed by atoms with Gasteiger partial charge in [-0.15, -0.1) is 0 Å². The molecule has 3 N–H and O–H groups in total. The van der Waals surface area contributed by atoms with Crippen molar-refractivity contribution < 1.29 is 4.74 Å². The van der Waals surface area contributed by atoms with Crippen LogP contribution in [0.2, 0.25) is 0 Å². The summed E-state index contributed by atoms with van der Waals surface area (Å²) in [4.78, 5) is 0. The van der Waals surface area contributed by atoms with Crippen molar-refractivity contribution in [3.8, 4) is 0 Å². The van der Waals surface area contributed by atoms with E-state index in [9.17, 15) is 0 Å². The van der Waals surface area contributed by atoms with E-state index < -0.39 is 0 Å². The van der Waals surface area contributed by atoms with E-state index in [1.807, 2.05) is 0 Å². The molecule has 0 spiro atoms. The predicted molar refractivity (Wildman–Crippen MR) is 93.8 cm³/mol. The van der Waals surface area contributed by atoms with Crippen molar-refractivity contribution in [2.45, 2.75) is 97.1 Å². The Morgan fingerprint density at radius 2 is 1.52 bits per heavy atom. The lowest BCUT2D eigenvalue weighted by molar-refractivity contribution is -0.0290. The first-order valence-corrected chi connectivity index (χ1v) is 8.92. The van der Waals surface area contributed by atoms with Crippen LogP contribution in [0.5, 0.6) is 0 Å². The van der Waals surface area contributed by atoms with Crippen LogP contribution in [0.25, 0.3) is 0 Å². The fourth-order valence-electron chi connectivity index (χ4n) is 2.42. The van der Waals surface area contributed by atoms with Gasteiger partial charge in [-0.25, -0.2) is 0 Å². The Bertz CT molecular complexity index is 239. The number of rotatable bonds is 14. The normalized spacial score (nSPS) is 12.9. The van der Waals surface area contributed by atoms with E-state index in [1.165, 1.54) is 38.5 Å². The van der Waals surface area contributed by atoms with E-state index >= 15 is 0 Å². The van der Waals surface area contributed by atoms with Gasteiger partial charge in [-0.1, -0.05) is 39.0 Å². The lowest BCUT2D eigenvalue weighted by atomic mass is 10.00. The highest BCUT2D eigenvalue weighted by Gasteiger charge is 2.21. The van der Waals surface area contributed by atoms with Gasteiger partial charge in [0, 0.05) is 12.1 Å². The minimum Gasteiger partial charge on any atom is -0.375 e. The predicted octanol–water partition coefficient (Wildman–Crippen LogP) is 4.25. The van der Waals surface area contributed by atoms with Gasteiger partial charge in [-0.05, 0) is 60.0 Å². The van der Waals surface area contributed by atoms with E-state index in [1.54, 1.807) is 0 Å². The number of unbranched alkanes of at least 4 members (excludes halogenated alkanes) is 5. The monoisotopic (exact) mass is 300 g/mol. The fourth-order valence-corrected chi connectivity index (χ4v) is 2.42. The van der Waals surface area contributed by atoms with Gasteiger partial charge < -0.3 is 15.8 Å². The van der Waals surface area contributed by atoms with Crippen LogP contribution in [0.4, 0.5) is 0 Å². The Labute approximate surface area is 133 Å². The van der Waals surface area contributed by atoms with Gasteiger partial charge in [-0.2, -0.15) is 0 Å². The van der Waals surface area contributed by atoms with Gasteiger partial charge >= 0.3 is 0 Å². The zero-order chi connectivity index (χ0) is 16.2. The Morgan fingerprint density at radius 3 is 2.14 bits per heavy atom. The molecule has 0 aromatic carbocycles. The van der Waals surface area contributed by atoms with Crippen LogP contribution in [0.15, 0.2) is 0 Å². The molecule has 0 aliphatic rings. The minimum atomic E-state index is -0.0931. The number of hydrogen-bond donors (Lipinski definition) is 2. The maximum atomic E-state index is 5.96. The molecule has 0 fully saturated rings. The zero-order valence-electron chi connectivity index (χ0n) is 15.3. The van der Waals surface area contributed by atoms with Crippen molar-refractivity contribution in [3.63, 3.8) is 0 Å². The van der Waals surface area contributed by atoms with Gasteiger partial charge in [0.2, 0.25) is 0 Å². The summed E-state index contributed by atoms with van der Waals surface area (Å²) in [5, 5.41) is 3.66. The van der Waals surface area contributed by atoms with Gasteiger partial charge in [0.05, 0.1) is 5.60 Å². The largest absolute Gasteiger partial charge is 0.375 e. The van der Waals surface area contributed by atoms with Crippen molar-refractivity contribution in [1.29, 1.82) is 0 Å². The van der Waals surface area contributed by atoms with Crippen LogP contribution in [0, 0.1) is 0 Å². The minimum absolute atomic E-state index is 0.0931. The summed E-state index contributed by atoms with van der Waals surface area (Å²) < 4.78 is 5.96. The van der Waals surface area contributed by atoms with Crippen molar-refractivity contribution in [2.24, 2.45) is 5.73 Å². The van der Waals surface area contributed by atoms with Crippen LogP contribution < -0.4 is 11.1 Å². The van der Waals surface area contributed by atoms with Crippen LogP contribution in [-0.2, 0) is 4.74 Å². The molecule has 0 aromatic heterocycles. The topological polar surface area (TPSA) is 47.3 Å². The first-order chi connectivity index (χ1) is 9.83. The molecule has 21 heavy (non-hydrogen) atoms. The summed E-state index contributed by atoms with van der Waals surface area (Å²) in [6.45, 7) is 13.6. The lowest BCUT2D eigenvalue weighted by Crippen LogP contribution is -2.41. The molecule has 0 heterocycles. The lowest BCUT2D eigenvalue weighted by Gasteiger charge is -2.30. The second-order valence-electron chi connectivity index (χ2n) is 7.48. The van der Waals surface area contributed by atoms with Crippen molar-refractivity contribution >= 4 is 0 Å². The quantitative estimate of drug-likeness (QED) is 0.471. The first kappa shape index (κ1) is 20.9. The fraction of sp³-hybridized carbons (Fsp3) is 1.00. The average molecular weight is 301 g/mol. The van der Waals surface area contributed by atoms with E-state index in [4.69, 9.17) is 10.5 Å². The number of nitrogens with two attached hydrogens (primary N) is 1. The third-order valence-electron chi connectivity index (χ3n) is 4.10. The Kier molecular flexibility index (Phi) is 11.4. The Morgan fingerprint density at radius 1 is 0.905 bits per heavy atom. The molecule has 0 saturated heterocycles. The molecule has 0 saturated carbocycles. The smallest absolute Gasteiger partial charge is 0.0638 e. The highest BCUT2D eigenvalue weighted by atomic mass is 16.5. The standard InChI is InChI=1S/C18H40N2O/c1-6-7-8-9-10-11-15-20-17(2,3)13-16-21-18(4,5)12-14-19/h20H,6-16,19H2,1-5H3. The van der Waals surface area contributed by atoms with Crippen molar-refractivity contribution in [1.82, 2.24) is 5.32 Å². The SMILES string of the molecule is CCCCCCCCNC(C)(C)CCOC(C)(C)CCN. The van der Waals surface area contributed by atoms with Crippen LogP contribution in [-0.4, -0.2) is 30.8 Å². The van der Waals surface area contributed by atoms with Gasteiger partial charge in [0.1, 0.15) is 0 Å². The van der Waals surface area contributed by atoms with Gasteiger partial charge in [-0.3, -0.25) is 0 Å². The van der Waals surface area contributed by atoms with Crippen molar-refractivity contribution in [3.05, 3.63) is 0 Å². The van der Waals surface area contributed by atoms with E-state index in [0.29, 0.717) is 6.54 Å². The summed E-state index contributed by atoms with van der Waals surface area (Å²) in [5.74, 6) is 0. The number of hydrogen-bond acceptors (Lipinski definition) is 3. The Balaban J connectivity index is 3.64. The summed E-state index contributed by atoms with van der Waals surface area (Å²) in [7, 11) is 0. The van der Waals surface area contributed by atoms with Gasteiger partial charge in [0.25, 0.3) is 0 Å². The first-order valence-electron chi connectivity index (χ1n) is 8.92. The number of nitrogens with one attached hydrogen (secondary N) is 1. The molecule has 0 atom stereocenters. The van der Waals surface area contributed by atoms with Crippen LogP contribution >= 0.6 is 0 Å². The molecule has 0 aliphatic heterocycles. The van der Waals surface area contributed by atoms with E-state index in [2.05, 4.69) is 39.9 Å². The maximum Gasteiger partial charge on any atom is 0.0638 e. The number of ether oxygens (including phenoxy) is 1. The molecule has 0 unspecified atom stereocenters. The molecule has 0 aliphatic carbocycles. The third kappa shape index (κ3) is 13.3. The highest BCUT2D eigenvalue weighted by molar-refractivity contribution is 4.78. The maximum absolute atomic E-state index is 5.96. The van der Waals surface area contributed by atoms with Crippen LogP contribution in [0.1, 0.15) is 86.0 Å². The average Bonchev–Trinajstić information content (AvgIpc) is 2.37. The van der Waals surface area contributed by atoms with Gasteiger partial charge in [0.15, 0.2) is 0 Å². The van der Waals surface area contributed by atoms with Crippen LogP contribution in [0.3, 0.4) is 0 Å². The molecular formula is C18H40N2O. The molecule has 0 rings (SSSR count). The molecule has 3 nitrogen and oxygen atoms in total. The summed E-state index contributed by atoms with van der Waals surface area (Å²) in [5.41, 5.74) is 5.67. The van der Waals surface area contributed by atoms with E-state index in [-0.39, 0.29) is 11.1 Å². The summed E-state index contributed by atoms with van der Waals surface area (Å²) in [6.07, 6.45) is 10.1. The van der Waals surface area contributed by atoms with E-state index in [0.717, 1.165) is 26.0 Å². The highest BCUT2D eigenvalue weighted by Crippen LogP contribution is 2.16. The molecule has 0 aromatic rings. The summed E-state index contributed by atoms with van der Waals surface area (Å²) in [6, 6.07) is 0. The third-order valence-corrected chi connectivity index (χ3v) is 4.10. The van der Waals surface area contributed by atoms with Crippen molar-refractivity contribution in [2.75, 3.05) is 19.7 Å². The molecule has 0 amide bonds. The molecule has 128 valence electrons. The second-order valence-corrected chi connectivity index (χ2v) is 7.48. The summed E-state index contributed by atoms with van der Waals surface area (Å²) >= 11 is 0. The second kappa shape index (κ2) is 11.4. The Hall–Kier alpha value is -0.120.